The number of carboxylic acid groups (broad SMARTS) is 1. The summed E-state index contributed by atoms with van der Waals surface area (Å²) in [4.78, 5) is 14.4. The fraction of sp³-hybridized carbons (Fsp3) is 0.400. The van der Waals surface area contributed by atoms with Gasteiger partial charge >= 0.3 is 5.97 Å². The van der Waals surface area contributed by atoms with Gasteiger partial charge in [0.2, 0.25) is 0 Å². The third-order valence-electron chi connectivity index (χ3n) is 2.19. The maximum absolute atomic E-state index is 12.9. The molecule has 0 aromatic carbocycles. The van der Waals surface area contributed by atoms with Crippen LogP contribution in [0.5, 0.6) is 5.75 Å². The van der Waals surface area contributed by atoms with Crippen molar-refractivity contribution in [1.29, 1.82) is 0 Å². The number of methoxy groups -OCH3 is 1. The van der Waals surface area contributed by atoms with E-state index in [0.717, 1.165) is 6.20 Å². The Morgan fingerprint density at radius 2 is 2.29 bits per heavy atom. The summed E-state index contributed by atoms with van der Waals surface area (Å²) in [6.07, 6.45) is -2.28. The number of nitrogens with two attached hydrogens (primary N) is 1. The number of carboxylic acids is 1. The van der Waals surface area contributed by atoms with Crippen molar-refractivity contribution in [3.05, 3.63) is 23.0 Å². The van der Waals surface area contributed by atoms with Gasteiger partial charge in [0.25, 0.3) is 6.43 Å². The number of nitrogens with zero attached hydrogens (tertiary/aromatic N) is 1. The number of halogens is 2. The second-order valence-corrected chi connectivity index (χ2v) is 3.25. The summed E-state index contributed by atoms with van der Waals surface area (Å²) < 4.78 is 30.6. The number of pyridine rings is 1. The van der Waals surface area contributed by atoms with E-state index in [1.165, 1.54) is 7.11 Å². The molecule has 7 heteroatoms. The van der Waals surface area contributed by atoms with E-state index in [0.29, 0.717) is 0 Å². The van der Waals surface area contributed by atoms with Crippen LogP contribution >= 0.6 is 0 Å². The van der Waals surface area contributed by atoms with Crippen LogP contribution in [0.3, 0.4) is 0 Å². The zero-order valence-corrected chi connectivity index (χ0v) is 9.11. The fourth-order valence-corrected chi connectivity index (χ4v) is 1.50. The van der Waals surface area contributed by atoms with E-state index in [4.69, 9.17) is 15.6 Å². The van der Waals surface area contributed by atoms with Crippen molar-refractivity contribution < 1.29 is 23.4 Å². The first-order chi connectivity index (χ1) is 8.01. The lowest BCUT2D eigenvalue weighted by Crippen LogP contribution is -2.11. The van der Waals surface area contributed by atoms with Crippen molar-refractivity contribution in [2.75, 3.05) is 7.11 Å². The highest BCUT2D eigenvalue weighted by atomic mass is 19.3. The van der Waals surface area contributed by atoms with Gasteiger partial charge in [0.1, 0.15) is 0 Å². The van der Waals surface area contributed by atoms with Crippen LogP contribution in [0.2, 0.25) is 0 Å². The van der Waals surface area contributed by atoms with Crippen molar-refractivity contribution in [3.63, 3.8) is 0 Å². The van der Waals surface area contributed by atoms with E-state index in [2.05, 4.69) is 4.98 Å². The van der Waals surface area contributed by atoms with Gasteiger partial charge in [-0.05, 0) is 5.56 Å². The molecule has 0 atom stereocenters. The smallest absolute Gasteiger partial charge is 0.307 e. The SMILES string of the molecule is COc1c(CN)ncc(CC(=O)O)c1C(F)F. The van der Waals surface area contributed by atoms with Gasteiger partial charge in [-0.25, -0.2) is 8.78 Å². The predicted molar refractivity (Wildman–Crippen MR) is 55.0 cm³/mol. The summed E-state index contributed by atoms with van der Waals surface area (Å²) >= 11 is 0. The minimum absolute atomic E-state index is 0.0593. The zero-order valence-electron chi connectivity index (χ0n) is 9.11. The summed E-state index contributed by atoms with van der Waals surface area (Å²) in [5.74, 6) is -1.35. The van der Waals surface area contributed by atoms with E-state index >= 15 is 0 Å². The predicted octanol–water partition coefficient (Wildman–Crippen LogP) is 1.11. The monoisotopic (exact) mass is 246 g/mol. The summed E-state index contributed by atoms with van der Waals surface area (Å²) in [5, 5.41) is 8.63. The average molecular weight is 246 g/mol. The molecule has 0 saturated carbocycles. The Bertz CT molecular complexity index is 424. The molecule has 5 nitrogen and oxygen atoms in total. The van der Waals surface area contributed by atoms with Crippen LogP contribution in [0.1, 0.15) is 23.2 Å². The molecule has 1 heterocycles. The number of hydrogen-bond acceptors (Lipinski definition) is 4. The Morgan fingerprint density at radius 1 is 1.65 bits per heavy atom. The maximum Gasteiger partial charge on any atom is 0.307 e. The van der Waals surface area contributed by atoms with E-state index < -0.39 is 24.4 Å². The molecule has 0 aliphatic carbocycles. The molecule has 0 fully saturated rings. The van der Waals surface area contributed by atoms with Gasteiger partial charge in [-0.15, -0.1) is 0 Å². The average Bonchev–Trinajstić information content (AvgIpc) is 2.26. The second kappa shape index (κ2) is 5.53. The molecule has 0 bridgehead atoms. The Labute approximate surface area is 96.2 Å². The Hall–Kier alpha value is -1.76. The first-order valence-corrected chi connectivity index (χ1v) is 4.75. The number of carbonyl (C=O) groups is 1. The summed E-state index contributed by atoms with van der Waals surface area (Å²) in [6, 6.07) is 0. The summed E-state index contributed by atoms with van der Waals surface area (Å²) in [5.41, 5.74) is 5.00. The van der Waals surface area contributed by atoms with Crippen molar-refractivity contribution in [1.82, 2.24) is 4.98 Å². The quantitative estimate of drug-likeness (QED) is 0.812. The van der Waals surface area contributed by atoms with Crippen LogP contribution in [-0.2, 0) is 17.8 Å². The van der Waals surface area contributed by atoms with Crippen LogP contribution in [-0.4, -0.2) is 23.2 Å². The molecule has 0 unspecified atom stereocenters. The maximum atomic E-state index is 12.9. The highest BCUT2D eigenvalue weighted by molar-refractivity contribution is 5.71. The van der Waals surface area contributed by atoms with Gasteiger partial charge in [-0.2, -0.15) is 0 Å². The minimum Gasteiger partial charge on any atom is -0.494 e. The lowest BCUT2D eigenvalue weighted by Gasteiger charge is -2.14. The number of alkyl halides is 2. The largest absolute Gasteiger partial charge is 0.494 e. The van der Waals surface area contributed by atoms with Gasteiger partial charge in [0.05, 0.1) is 24.8 Å². The van der Waals surface area contributed by atoms with Crippen molar-refractivity contribution in [2.24, 2.45) is 5.73 Å². The van der Waals surface area contributed by atoms with Crippen molar-refractivity contribution in [2.45, 2.75) is 19.4 Å². The van der Waals surface area contributed by atoms with Gasteiger partial charge < -0.3 is 15.6 Å². The van der Waals surface area contributed by atoms with E-state index in [1.807, 2.05) is 0 Å². The molecule has 1 aromatic rings. The topological polar surface area (TPSA) is 85.4 Å². The molecular weight excluding hydrogens is 234 g/mol. The van der Waals surface area contributed by atoms with E-state index in [9.17, 15) is 13.6 Å². The number of hydrogen-bond donors (Lipinski definition) is 2. The van der Waals surface area contributed by atoms with Gasteiger partial charge in [0.15, 0.2) is 5.75 Å². The number of aromatic nitrogens is 1. The minimum atomic E-state index is -2.84. The molecule has 0 radical (unpaired) electrons. The zero-order chi connectivity index (χ0) is 13.0. The fourth-order valence-electron chi connectivity index (χ4n) is 1.50. The Balaban J connectivity index is 3.36. The second-order valence-electron chi connectivity index (χ2n) is 3.25. The Morgan fingerprint density at radius 3 is 2.71 bits per heavy atom. The molecule has 94 valence electrons. The van der Waals surface area contributed by atoms with Crippen LogP contribution in [0, 0.1) is 0 Å². The highest BCUT2D eigenvalue weighted by Crippen LogP contribution is 2.34. The lowest BCUT2D eigenvalue weighted by molar-refractivity contribution is -0.136. The molecule has 0 saturated heterocycles. The molecule has 1 aromatic heterocycles. The Kier molecular flexibility index (Phi) is 4.33. The van der Waals surface area contributed by atoms with Crippen LogP contribution in [0.4, 0.5) is 8.78 Å². The van der Waals surface area contributed by atoms with Gasteiger partial charge in [-0.3, -0.25) is 9.78 Å². The van der Waals surface area contributed by atoms with Crippen LogP contribution in [0.15, 0.2) is 6.20 Å². The molecule has 0 amide bonds. The molecule has 0 spiro atoms. The van der Waals surface area contributed by atoms with Crippen LogP contribution < -0.4 is 10.5 Å². The first-order valence-electron chi connectivity index (χ1n) is 4.75. The van der Waals surface area contributed by atoms with Gasteiger partial charge in [0, 0.05) is 12.7 Å². The van der Waals surface area contributed by atoms with Crippen molar-refractivity contribution in [3.8, 4) is 5.75 Å². The van der Waals surface area contributed by atoms with Gasteiger partial charge in [-0.1, -0.05) is 0 Å². The number of aliphatic carboxylic acids is 1. The third-order valence-corrected chi connectivity index (χ3v) is 2.19. The highest BCUT2D eigenvalue weighted by Gasteiger charge is 2.23. The lowest BCUT2D eigenvalue weighted by atomic mass is 10.0. The first kappa shape index (κ1) is 13.3. The molecular formula is C10H12F2N2O3. The number of ether oxygens (including phenoxy) is 1. The molecule has 3 N–H and O–H groups in total. The summed E-state index contributed by atoms with van der Waals surface area (Å²) in [7, 11) is 1.21. The molecule has 1 rings (SSSR count). The number of rotatable bonds is 5. The standard InChI is InChI=1S/C10H12F2N2O3/c1-17-9-6(3-13)14-4-5(2-7(15)16)8(9)10(11)12/h4,10H,2-3,13H2,1H3,(H,15,16). The van der Waals surface area contributed by atoms with E-state index in [1.54, 1.807) is 0 Å². The molecule has 0 aliphatic rings. The van der Waals surface area contributed by atoms with Crippen molar-refractivity contribution >= 4 is 5.97 Å². The summed E-state index contributed by atoms with van der Waals surface area (Å²) in [6.45, 7) is -0.0593. The molecule has 17 heavy (non-hydrogen) atoms. The normalized spacial score (nSPS) is 10.6. The molecule has 0 aliphatic heterocycles. The van der Waals surface area contributed by atoms with E-state index in [-0.39, 0.29) is 23.6 Å². The third kappa shape index (κ3) is 2.88. The van der Waals surface area contributed by atoms with Crippen LogP contribution in [0.25, 0.3) is 0 Å².